The fourth-order valence-electron chi connectivity index (χ4n) is 7.57. The van der Waals surface area contributed by atoms with Crippen LogP contribution in [0.1, 0.15) is 96.0 Å². The molecule has 314 valence electrons. The Kier molecular flexibility index (Phi) is 14.9. The first-order valence-corrected chi connectivity index (χ1v) is 19.0. The molecule has 0 amide bonds. The summed E-state index contributed by atoms with van der Waals surface area (Å²) in [6, 6.07) is 5.75. The summed E-state index contributed by atoms with van der Waals surface area (Å²) in [6.07, 6.45) is -3.60. The van der Waals surface area contributed by atoms with Crippen molar-refractivity contribution >= 4 is 57.2 Å². The molecule has 16 nitrogen and oxygen atoms in total. The number of aromatic nitrogens is 4. The second-order valence-corrected chi connectivity index (χ2v) is 15.0. The van der Waals surface area contributed by atoms with Gasteiger partial charge in [0.25, 0.3) is 0 Å². The molecule has 0 fully saturated rings. The summed E-state index contributed by atoms with van der Waals surface area (Å²) in [7, 11) is 3.40. The third kappa shape index (κ3) is 9.72. The van der Waals surface area contributed by atoms with E-state index in [1.165, 1.54) is 0 Å². The highest BCUT2D eigenvalue weighted by atomic mass is 16.4. The third-order valence-electron chi connectivity index (χ3n) is 10.8. The molecule has 0 spiro atoms. The van der Waals surface area contributed by atoms with Gasteiger partial charge in [0.2, 0.25) is 0 Å². The molecular weight excluding hydrogens is 750 g/mol. The van der Waals surface area contributed by atoms with Crippen molar-refractivity contribution in [2.45, 2.75) is 96.6 Å². The molecule has 2 aliphatic heterocycles. The predicted molar refractivity (Wildman–Crippen MR) is 219 cm³/mol. The zero-order valence-corrected chi connectivity index (χ0v) is 33.9. The Morgan fingerprint density at radius 3 is 2.03 bits per heavy atom. The zero-order chi connectivity index (χ0) is 43.3. The van der Waals surface area contributed by atoms with Crippen molar-refractivity contribution in [3.05, 3.63) is 75.4 Å². The number of aliphatic hydroxyl groups is 5. The molecule has 10 N–H and O–H groups in total. The van der Waals surface area contributed by atoms with Crippen LogP contribution < -0.4 is 0 Å². The van der Waals surface area contributed by atoms with Crippen LogP contribution in [0.4, 0.5) is 0 Å². The minimum absolute atomic E-state index is 0.0451. The number of nitrogens with one attached hydrogen (secondary N) is 2. The topological polar surface area (TPSA) is 274 Å². The number of likely N-dealkylation sites (N-methyl/N-ethyl adjacent to an activating group) is 1. The molecule has 0 saturated carbocycles. The summed E-state index contributed by atoms with van der Waals surface area (Å²) in [4.78, 5) is 54.9. The van der Waals surface area contributed by atoms with Gasteiger partial charge in [0.1, 0.15) is 18.3 Å². The highest BCUT2D eigenvalue weighted by Crippen LogP contribution is 2.43. The van der Waals surface area contributed by atoms with E-state index in [1.807, 2.05) is 45.9 Å². The number of allylic oxidation sites excluding steroid dienone is 1. The van der Waals surface area contributed by atoms with E-state index in [9.17, 15) is 45.0 Å². The van der Waals surface area contributed by atoms with Crippen molar-refractivity contribution < 1.29 is 55.2 Å². The van der Waals surface area contributed by atoms with Crippen molar-refractivity contribution in [3.8, 4) is 0 Å². The minimum atomic E-state index is -1.55. The molecule has 3 aromatic heterocycles. The highest BCUT2D eigenvalue weighted by molar-refractivity contribution is 6.24. The van der Waals surface area contributed by atoms with E-state index >= 15 is 0 Å². The van der Waals surface area contributed by atoms with E-state index < -0.39 is 61.3 Å². The van der Waals surface area contributed by atoms with Crippen LogP contribution in [-0.2, 0) is 27.2 Å². The number of hydrogen-bond acceptors (Lipinski definition) is 11. The summed E-state index contributed by atoms with van der Waals surface area (Å²) in [5.74, 6) is -4.13. The molecule has 16 heteroatoms. The number of aliphatic carboxylic acids is 3. The number of carboxylic acids is 3. The first-order valence-electron chi connectivity index (χ1n) is 19.0. The van der Waals surface area contributed by atoms with E-state index in [2.05, 4.69) is 16.5 Å². The molecule has 0 radical (unpaired) electrons. The molecule has 0 aliphatic carbocycles. The van der Waals surface area contributed by atoms with Crippen LogP contribution in [0.3, 0.4) is 0 Å². The Balaban J connectivity index is 0.000000454. The fraction of sp³-hybridized carbons (Fsp3) is 0.452. The molecule has 58 heavy (non-hydrogen) atoms. The van der Waals surface area contributed by atoms with Crippen molar-refractivity contribution in [1.29, 1.82) is 0 Å². The van der Waals surface area contributed by atoms with Gasteiger partial charge in [0.05, 0.1) is 41.8 Å². The number of fused-ring (bicyclic) bond motifs is 8. The lowest BCUT2D eigenvalue weighted by atomic mass is 9.84. The number of carboxylic acid groups (broad SMARTS) is 3. The Morgan fingerprint density at radius 1 is 0.862 bits per heavy atom. The molecule has 8 bridgehead atoms. The average Bonchev–Trinajstić information content (AvgIpc) is 3.84. The number of hydrogen-bond donors (Lipinski definition) is 10. The maximum absolute atomic E-state index is 12.7. The maximum Gasteiger partial charge on any atom is 0.338 e. The standard InChI is InChI=1S/C34H36N4O6.C8H19NO5/c1-7-19-15(3)23-12-25-17(5)21(9-10-29(39)40)32(37-25)22(11-30(41)42)33-31(34(43)44)18(6)26(38-33)14-28-20(8-2)16(4)24(36-28)13-27(19)35-23;1-9(2)3-5(11)7(13)8(14)6(12)4-10/h7,12-14,17,21,35-36H,1,8-11H2,2-6H3,(H,39,40)(H,41,42)(H,43,44);5-8,10-14H,3-4H2,1-2H3/t17-,21-;5-,6+,7+,8+/m00/s1. The number of aryl methyl sites for hydroxylation is 3. The number of aliphatic hydroxyl groups excluding tert-OH is 5. The van der Waals surface area contributed by atoms with Crippen LogP contribution in [0.5, 0.6) is 0 Å². The summed E-state index contributed by atoms with van der Waals surface area (Å²) in [5.41, 5.74) is 9.23. The Morgan fingerprint density at radius 2 is 1.48 bits per heavy atom. The molecule has 0 aromatic carbocycles. The molecule has 5 heterocycles. The molecule has 2 aliphatic rings. The fourth-order valence-corrected chi connectivity index (χ4v) is 7.57. The van der Waals surface area contributed by atoms with Gasteiger partial charge in [-0.15, -0.1) is 0 Å². The number of carbonyl (C=O) groups is 3. The Hall–Kier alpha value is -5.23. The van der Waals surface area contributed by atoms with Gasteiger partial charge in [-0.2, -0.15) is 0 Å². The summed E-state index contributed by atoms with van der Waals surface area (Å²) >= 11 is 0. The van der Waals surface area contributed by atoms with E-state index in [4.69, 9.17) is 20.2 Å². The molecule has 6 atom stereocenters. The normalized spacial score (nSPS) is 17.3. The summed E-state index contributed by atoms with van der Waals surface area (Å²) in [6.45, 7) is 13.2. The number of nitrogens with zero attached hydrogens (tertiary/aromatic N) is 3. The van der Waals surface area contributed by atoms with Crippen LogP contribution in [0.2, 0.25) is 0 Å². The minimum Gasteiger partial charge on any atom is -0.481 e. The maximum atomic E-state index is 12.7. The van der Waals surface area contributed by atoms with Gasteiger partial charge in [-0.25, -0.2) is 9.78 Å². The Labute approximate surface area is 335 Å². The molecule has 0 unspecified atom stereocenters. The van der Waals surface area contributed by atoms with Crippen molar-refractivity contribution in [2.24, 2.45) is 0 Å². The largest absolute Gasteiger partial charge is 0.481 e. The molecule has 3 aromatic rings. The van der Waals surface area contributed by atoms with Gasteiger partial charge in [0.15, 0.2) is 0 Å². The Bertz CT molecular complexity index is 2260. The monoisotopic (exact) mass is 805 g/mol. The lowest BCUT2D eigenvalue weighted by Gasteiger charge is -2.27. The predicted octanol–water partition coefficient (Wildman–Crippen LogP) is 3.52. The van der Waals surface area contributed by atoms with E-state index in [0.717, 1.165) is 44.3 Å². The quantitative estimate of drug-likeness (QED) is 0.112. The van der Waals surface area contributed by atoms with Gasteiger partial charge < -0.3 is 55.7 Å². The lowest BCUT2D eigenvalue weighted by molar-refractivity contribution is -0.138. The van der Waals surface area contributed by atoms with Gasteiger partial charge in [-0.3, -0.25) is 14.6 Å². The second kappa shape index (κ2) is 19.0. The summed E-state index contributed by atoms with van der Waals surface area (Å²) in [5, 5.41) is 75.3. The molecule has 5 rings (SSSR count). The SMILES string of the molecule is C=Cc1c(C)c2cc3nc(c(CC(=O)O)c4nc(cc5[nH]c(cc1[nH]2)c(C)c5CC)C(C)=C4C(=O)O)[C@@H](CCC(=O)O)[C@@H]3C.CN(C)C[C@H](O)[C@@H](O)[C@H](O)[C@H](O)CO. The van der Waals surface area contributed by atoms with Crippen molar-refractivity contribution in [1.82, 2.24) is 24.8 Å². The smallest absolute Gasteiger partial charge is 0.338 e. The van der Waals surface area contributed by atoms with E-state index in [1.54, 1.807) is 32.0 Å². The first kappa shape index (κ1) is 45.5. The average molecular weight is 806 g/mol. The van der Waals surface area contributed by atoms with Crippen LogP contribution >= 0.6 is 0 Å². The van der Waals surface area contributed by atoms with Crippen molar-refractivity contribution in [2.75, 3.05) is 27.2 Å². The first-order chi connectivity index (χ1) is 27.2. The van der Waals surface area contributed by atoms with E-state index in [-0.39, 0.29) is 42.1 Å². The third-order valence-corrected chi connectivity index (χ3v) is 10.8. The zero-order valence-electron chi connectivity index (χ0n) is 33.9. The number of H-pyrrole nitrogens is 2. The van der Waals surface area contributed by atoms with Crippen LogP contribution in [0, 0.1) is 13.8 Å². The van der Waals surface area contributed by atoms with Gasteiger partial charge in [-0.1, -0.05) is 26.5 Å². The summed E-state index contributed by atoms with van der Waals surface area (Å²) < 4.78 is 0. The molecule has 0 saturated heterocycles. The van der Waals surface area contributed by atoms with Crippen LogP contribution in [-0.4, -0.2) is 135 Å². The van der Waals surface area contributed by atoms with Gasteiger partial charge in [0, 0.05) is 63.7 Å². The second-order valence-electron chi connectivity index (χ2n) is 15.0. The van der Waals surface area contributed by atoms with Crippen LogP contribution in [0.15, 0.2) is 24.8 Å². The van der Waals surface area contributed by atoms with Gasteiger partial charge in [-0.05, 0) is 88.2 Å². The van der Waals surface area contributed by atoms with Crippen LogP contribution in [0.25, 0.3) is 39.3 Å². The van der Waals surface area contributed by atoms with E-state index in [0.29, 0.717) is 29.1 Å². The lowest BCUT2D eigenvalue weighted by Crippen LogP contribution is -2.48. The van der Waals surface area contributed by atoms with Gasteiger partial charge >= 0.3 is 17.9 Å². The highest BCUT2D eigenvalue weighted by Gasteiger charge is 2.36. The van der Waals surface area contributed by atoms with Crippen molar-refractivity contribution in [3.63, 3.8) is 0 Å². The number of aromatic amines is 2. The number of rotatable bonds is 14. The molecular formula is C42H55N5O11.